The van der Waals surface area contributed by atoms with Crippen LogP contribution in [0.15, 0.2) is 30.3 Å². The summed E-state index contributed by atoms with van der Waals surface area (Å²) in [4.78, 5) is 24.5. The summed E-state index contributed by atoms with van der Waals surface area (Å²) in [6.07, 6.45) is 0.488. The lowest BCUT2D eigenvalue weighted by molar-refractivity contribution is -0.123. The quantitative estimate of drug-likeness (QED) is 0.793. The molecule has 0 aliphatic heterocycles. The highest BCUT2D eigenvalue weighted by Gasteiger charge is 2.31. The fourth-order valence-corrected chi connectivity index (χ4v) is 3.61. The summed E-state index contributed by atoms with van der Waals surface area (Å²) in [5.74, 6) is 1.72. The molecule has 0 heterocycles. The van der Waals surface area contributed by atoms with E-state index in [1.54, 1.807) is 26.4 Å². The molecule has 6 heteroatoms. The zero-order valence-electron chi connectivity index (χ0n) is 16.6. The Labute approximate surface area is 164 Å². The van der Waals surface area contributed by atoms with Gasteiger partial charge in [-0.3, -0.25) is 9.59 Å². The fourth-order valence-electron chi connectivity index (χ4n) is 3.61. The minimum atomic E-state index is -0.261. The molecule has 28 heavy (non-hydrogen) atoms. The number of Topliss-reactive ketones (excluding diaryl/α,β-unsaturated/α-hetero) is 1. The molecule has 1 N–H and O–H groups in total. The summed E-state index contributed by atoms with van der Waals surface area (Å²) < 4.78 is 16.1. The number of ether oxygens (including phenoxy) is 3. The number of aryl methyl sites for hydroxylation is 1. The minimum absolute atomic E-state index is 0.0759. The summed E-state index contributed by atoms with van der Waals surface area (Å²) in [7, 11) is 3.14. The predicted molar refractivity (Wildman–Crippen MR) is 105 cm³/mol. The lowest BCUT2D eigenvalue weighted by Gasteiger charge is -2.14. The van der Waals surface area contributed by atoms with Crippen molar-refractivity contribution in [1.82, 2.24) is 5.32 Å². The van der Waals surface area contributed by atoms with Gasteiger partial charge in [0, 0.05) is 13.0 Å². The second-order valence-electron chi connectivity index (χ2n) is 6.95. The minimum Gasteiger partial charge on any atom is -0.493 e. The van der Waals surface area contributed by atoms with E-state index in [-0.39, 0.29) is 24.2 Å². The predicted octanol–water partition coefficient (Wildman–Crippen LogP) is 3.40. The molecule has 3 rings (SSSR count). The molecule has 0 aromatic heterocycles. The van der Waals surface area contributed by atoms with Crippen LogP contribution < -0.4 is 19.5 Å². The van der Waals surface area contributed by atoms with Crippen molar-refractivity contribution in [2.45, 2.75) is 32.7 Å². The lowest BCUT2D eigenvalue weighted by atomic mass is 9.97. The molecule has 2 aromatic rings. The van der Waals surface area contributed by atoms with Gasteiger partial charge in [-0.2, -0.15) is 0 Å². The van der Waals surface area contributed by atoms with Gasteiger partial charge in [-0.1, -0.05) is 19.1 Å². The lowest BCUT2D eigenvalue weighted by Crippen LogP contribution is -2.28. The molecule has 0 spiro atoms. The number of carbonyl (C=O) groups excluding carboxylic acids is 2. The van der Waals surface area contributed by atoms with Gasteiger partial charge in [-0.05, 0) is 47.7 Å². The van der Waals surface area contributed by atoms with Gasteiger partial charge in [0.1, 0.15) is 5.75 Å². The highest BCUT2D eigenvalue weighted by atomic mass is 16.5. The van der Waals surface area contributed by atoms with Crippen molar-refractivity contribution in [2.75, 3.05) is 20.8 Å². The standard InChI is InChI=1S/C22H25NO5/c1-13-5-7-18(22-16(24)9-14(2)21(13)22)28-12-20(25)23-11-15-6-8-17(26-3)19(10-15)27-4/h5-8,10,14H,9,11-12H2,1-4H3,(H,23,25)/t14-/m1/s1. The third-order valence-electron chi connectivity index (χ3n) is 4.98. The van der Waals surface area contributed by atoms with Crippen molar-refractivity contribution in [3.63, 3.8) is 0 Å². The third-order valence-corrected chi connectivity index (χ3v) is 4.98. The molecule has 1 aliphatic rings. The van der Waals surface area contributed by atoms with Crippen LogP contribution in [-0.2, 0) is 11.3 Å². The maximum Gasteiger partial charge on any atom is 0.258 e. The Balaban J connectivity index is 1.61. The Morgan fingerprint density at radius 3 is 2.54 bits per heavy atom. The number of benzene rings is 2. The van der Waals surface area contributed by atoms with Gasteiger partial charge >= 0.3 is 0 Å². The van der Waals surface area contributed by atoms with E-state index in [9.17, 15) is 9.59 Å². The Morgan fingerprint density at radius 1 is 1.11 bits per heavy atom. The number of ketones is 1. The van der Waals surface area contributed by atoms with Crippen LogP contribution in [0.25, 0.3) is 0 Å². The van der Waals surface area contributed by atoms with E-state index in [1.807, 2.05) is 32.0 Å². The third kappa shape index (κ3) is 3.96. The van der Waals surface area contributed by atoms with Gasteiger partial charge in [0.05, 0.1) is 19.8 Å². The largest absolute Gasteiger partial charge is 0.493 e. The molecule has 0 radical (unpaired) electrons. The number of nitrogens with one attached hydrogen (secondary N) is 1. The van der Waals surface area contributed by atoms with Gasteiger partial charge in [-0.15, -0.1) is 0 Å². The summed E-state index contributed by atoms with van der Waals surface area (Å²) in [5, 5.41) is 2.81. The van der Waals surface area contributed by atoms with Gasteiger partial charge in [0.15, 0.2) is 23.9 Å². The molecule has 0 saturated carbocycles. The fraction of sp³-hybridized carbons (Fsp3) is 0.364. The van der Waals surface area contributed by atoms with Crippen LogP contribution in [0.2, 0.25) is 0 Å². The van der Waals surface area contributed by atoms with E-state index < -0.39 is 0 Å². The van der Waals surface area contributed by atoms with E-state index in [0.29, 0.717) is 35.8 Å². The van der Waals surface area contributed by atoms with Gasteiger partial charge in [-0.25, -0.2) is 0 Å². The molecule has 0 fully saturated rings. The second kappa shape index (κ2) is 8.33. The van der Waals surface area contributed by atoms with Crippen LogP contribution in [0.5, 0.6) is 17.2 Å². The van der Waals surface area contributed by atoms with Crippen LogP contribution in [0, 0.1) is 6.92 Å². The van der Waals surface area contributed by atoms with E-state index in [2.05, 4.69) is 5.32 Å². The maximum absolute atomic E-state index is 12.3. The zero-order valence-corrected chi connectivity index (χ0v) is 16.6. The molecule has 6 nitrogen and oxygen atoms in total. The van der Waals surface area contributed by atoms with Crippen LogP contribution in [0.3, 0.4) is 0 Å². The molecule has 0 saturated heterocycles. The average Bonchev–Trinajstić information content (AvgIpc) is 3.00. The SMILES string of the molecule is COc1ccc(CNC(=O)COc2ccc(C)c3c2C(=O)C[C@H]3C)cc1OC. The van der Waals surface area contributed by atoms with Gasteiger partial charge in [0.25, 0.3) is 5.91 Å². The van der Waals surface area contributed by atoms with E-state index >= 15 is 0 Å². The van der Waals surface area contributed by atoms with Crippen LogP contribution in [0.4, 0.5) is 0 Å². The zero-order chi connectivity index (χ0) is 20.3. The molecule has 0 bridgehead atoms. The van der Waals surface area contributed by atoms with Gasteiger partial charge in [0.2, 0.25) is 0 Å². The molecule has 2 aromatic carbocycles. The Morgan fingerprint density at radius 2 is 1.82 bits per heavy atom. The molecule has 148 valence electrons. The molecule has 0 unspecified atom stereocenters. The summed E-state index contributed by atoms with van der Waals surface area (Å²) in [6.45, 7) is 4.22. The molecule has 1 amide bonds. The second-order valence-corrected chi connectivity index (χ2v) is 6.95. The number of rotatable bonds is 7. The molecule has 1 aliphatic carbocycles. The first-order valence-corrected chi connectivity index (χ1v) is 9.21. The first-order valence-electron chi connectivity index (χ1n) is 9.21. The van der Waals surface area contributed by atoms with Gasteiger partial charge < -0.3 is 19.5 Å². The average molecular weight is 383 g/mol. The Hall–Kier alpha value is -3.02. The Kier molecular flexibility index (Phi) is 5.87. The van der Waals surface area contributed by atoms with Crippen molar-refractivity contribution in [2.24, 2.45) is 0 Å². The number of hydrogen-bond acceptors (Lipinski definition) is 5. The monoisotopic (exact) mass is 383 g/mol. The number of carbonyl (C=O) groups is 2. The number of methoxy groups -OCH3 is 2. The smallest absolute Gasteiger partial charge is 0.258 e. The number of hydrogen-bond donors (Lipinski definition) is 1. The topological polar surface area (TPSA) is 73.9 Å². The number of fused-ring (bicyclic) bond motifs is 1. The first kappa shape index (κ1) is 19.7. The van der Waals surface area contributed by atoms with Crippen LogP contribution in [-0.4, -0.2) is 32.5 Å². The van der Waals surface area contributed by atoms with E-state index in [1.165, 1.54) is 0 Å². The van der Waals surface area contributed by atoms with Crippen LogP contribution in [0.1, 0.15) is 46.3 Å². The van der Waals surface area contributed by atoms with Crippen molar-refractivity contribution in [3.05, 3.63) is 52.6 Å². The summed E-state index contributed by atoms with van der Waals surface area (Å²) in [6, 6.07) is 9.16. The van der Waals surface area contributed by atoms with Crippen LogP contribution >= 0.6 is 0 Å². The maximum atomic E-state index is 12.3. The summed E-state index contributed by atoms with van der Waals surface area (Å²) >= 11 is 0. The van der Waals surface area contributed by atoms with Crippen molar-refractivity contribution in [3.8, 4) is 17.2 Å². The summed E-state index contributed by atoms with van der Waals surface area (Å²) in [5.41, 5.74) is 3.62. The molecular weight excluding hydrogens is 358 g/mol. The molecule has 1 atom stereocenters. The van der Waals surface area contributed by atoms with E-state index in [0.717, 1.165) is 16.7 Å². The van der Waals surface area contributed by atoms with Crippen molar-refractivity contribution >= 4 is 11.7 Å². The number of amides is 1. The van der Waals surface area contributed by atoms with Crippen molar-refractivity contribution in [1.29, 1.82) is 0 Å². The Bertz CT molecular complexity index is 906. The first-order chi connectivity index (χ1) is 13.4. The van der Waals surface area contributed by atoms with E-state index in [4.69, 9.17) is 14.2 Å². The highest BCUT2D eigenvalue weighted by molar-refractivity contribution is 6.04. The van der Waals surface area contributed by atoms with Crippen molar-refractivity contribution < 1.29 is 23.8 Å². The molecular formula is C22H25NO5. The highest BCUT2D eigenvalue weighted by Crippen LogP contribution is 2.40. The normalized spacial score (nSPS) is 15.1.